The van der Waals surface area contributed by atoms with Crippen molar-refractivity contribution in [2.45, 2.75) is 63.9 Å². The maximum atomic E-state index is 12.1. The minimum Gasteiger partial charge on any atom is -0.479 e. The van der Waals surface area contributed by atoms with Gasteiger partial charge in [0, 0.05) is 5.92 Å². The second-order valence-corrected chi connectivity index (χ2v) is 6.45. The minimum atomic E-state index is -1.51. The normalized spacial score (nSPS) is 26.9. The van der Waals surface area contributed by atoms with Crippen LogP contribution >= 0.6 is 0 Å². The highest BCUT2D eigenvalue weighted by Crippen LogP contribution is 2.49. The van der Waals surface area contributed by atoms with Crippen molar-refractivity contribution in [3.05, 3.63) is 0 Å². The van der Waals surface area contributed by atoms with Crippen molar-refractivity contribution in [2.24, 2.45) is 11.3 Å². The van der Waals surface area contributed by atoms with Crippen molar-refractivity contribution in [1.29, 1.82) is 0 Å². The Hall–Kier alpha value is -1.10. The van der Waals surface area contributed by atoms with Crippen LogP contribution in [0.2, 0.25) is 0 Å². The monoisotopic (exact) mass is 283 g/mol. The summed E-state index contributed by atoms with van der Waals surface area (Å²) in [5, 5.41) is 20.4. The van der Waals surface area contributed by atoms with Crippen molar-refractivity contribution in [1.82, 2.24) is 5.32 Å². The Kier molecular flexibility index (Phi) is 5.02. The van der Waals surface area contributed by atoms with Crippen molar-refractivity contribution in [3.63, 3.8) is 0 Å². The molecule has 2 atom stereocenters. The molecule has 1 spiro atoms. The highest BCUT2D eigenvalue weighted by molar-refractivity contribution is 5.80. The van der Waals surface area contributed by atoms with Crippen LogP contribution in [0.5, 0.6) is 0 Å². The quantitative estimate of drug-likeness (QED) is 0.732. The maximum absolute atomic E-state index is 12.1. The summed E-state index contributed by atoms with van der Waals surface area (Å²) in [6, 6.07) is 0. The molecule has 2 saturated carbocycles. The number of rotatable bonds is 4. The first-order chi connectivity index (χ1) is 9.52. The number of aliphatic hydroxyl groups is 1. The summed E-state index contributed by atoms with van der Waals surface area (Å²) >= 11 is 0. The van der Waals surface area contributed by atoms with Crippen LogP contribution in [0, 0.1) is 11.3 Å². The molecule has 2 unspecified atom stereocenters. The fraction of sp³-hybridized carbons (Fsp3) is 0.867. The predicted molar refractivity (Wildman–Crippen MR) is 74.1 cm³/mol. The Morgan fingerprint density at radius 2 is 1.80 bits per heavy atom. The molecular formula is C15H25NO4. The van der Waals surface area contributed by atoms with E-state index in [1.54, 1.807) is 0 Å². The van der Waals surface area contributed by atoms with Crippen LogP contribution in [0.1, 0.15) is 57.8 Å². The van der Waals surface area contributed by atoms with Crippen LogP contribution < -0.4 is 5.32 Å². The third-order valence-electron chi connectivity index (χ3n) is 4.98. The molecule has 0 aromatic carbocycles. The summed E-state index contributed by atoms with van der Waals surface area (Å²) in [5.74, 6) is -1.39. The van der Waals surface area contributed by atoms with Crippen molar-refractivity contribution < 1.29 is 19.8 Å². The lowest BCUT2D eigenvalue weighted by Crippen LogP contribution is -2.42. The van der Waals surface area contributed by atoms with Crippen molar-refractivity contribution in [3.8, 4) is 0 Å². The zero-order valence-electron chi connectivity index (χ0n) is 11.9. The van der Waals surface area contributed by atoms with E-state index < -0.39 is 12.1 Å². The standard InChI is InChI=1S/C15H25NO4/c17-12(14(19)20)10-16-13(18)11-5-4-8-15(9-11)6-2-1-3-7-15/h11-12,17H,1-10H2,(H,16,18)(H,19,20). The van der Waals surface area contributed by atoms with Crippen molar-refractivity contribution in [2.75, 3.05) is 6.54 Å². The van der Waals surface area contributed by atoms with Crippen LogP contribution in [-0.2, 0) is 9.59 Å². The molecular weight excluding hydrogens is 258 g/mol. The predicted octanol–water partition coefficient (Wildman–Crippen LogP) is 1.69. The molecule has 1 amide bonds. The van der Waals surface area contributed by atoms with Crippen LogP contribution in [0.4, 0.5) is 0 Å². The molecule has 0 aliphatic heterocycles. The molecule has 0 radical (unpaired) electrons. The molecule has 114 valence electrons. The molecule has 2 aliphatic carbocycles. The number of carbonyl (C=O) groups is 2. The molecule has 0 aromatic rings. The first kappa shape index (κ1) is 15.3. The number of aliphatic carboxylic acids is 1. The minimum absolute atomic E-state index is 0.0113. The van der Waals surface area contributed by atoms with Gasteiger partial charge in [-0.05, 0) is 37.5 Å². The van der Waals surface area contributed by atoms with Gasteiger partial charge in [-0.25, -0.2) is 4.79 Å². The summed E-state index contributed by atoms with van der Waals surface area (Å²) in [7, 11) is 0. The molecule has 3 N–H and O–H groups in total. The highest BCUT2D eigenvalue weighted by Gasteiger charge is 2.39. The molecule has 0 aromatic heterocycles. The van der Waals surface area contributed by atoms with E-state index >= 15 is 0 Å². The van der Waals surface area contributed by atoms with E-state index in [9.17, 15) is 14.7 Å². The van der Waals surface area contributed by atoms with Crippen LogP contribution in [-0.4, -0.2) is 34.7 Å². The fourth-order valence-electron chi connectivity index (χ4n) is 3.86. The van der Waals surface area contributed by atoms with Gasteiger partial charge in [-0.1, -0.05) is 25.7 Å². The lowest BCUT2D eigenvalue weighted by atomic mass is 9.62. The van der Waals surface area contributed by atoms with E-state index in [2.05, 4.69) is 5.32 Å². The summed E-state index contributed by atoms with van der Waals surface area (Å²) in [6.45, 7) is -0.197. The number of nitrogens with one attached hydrogen (secondary N) is 1. The number of amides is 1. The maximum Gasteiger partial charge on any atom is 0.334 e. The van der Waals surface area contributed by atoms with Gasteiger partial charge in [0.2, 0.25) is 5.91 Å². The third kappa shape index (κ3) is 3.72. The van der Waals surface area contributed by atoms with Gasteiger partial charge in [-0.15, -0.1) is 0 Å². The zero-order valence-corrected chi connectivity index (χ0v) is 11.9. The Morgan fingerprint density at radius 3 is 2.45 bits per heavy atom. The topological polar surface area (TPSA) is 86.6 Å². The lowest BCUT2D eigenvalue weighted by Gasteiger charge is -2.43. The number of hydrogen-bond acceptors (Lipinski definition) is 3. The van der Waals surface area contributed by atoms with Crippen molar-refractivity contribution >= 4 is 11.9 Å². The van der Waals surface area contributed by atoms with Crippen LogP contribution in [0.3, 0.4) is 0 Å². The van der Waals surface area contributed by atoms with E-state index in [0.717, 1.165) is 19.3 Å². The van der Waals surface area contributed by atoms with E-state index in [0.29, 0.717) is 5.41 Å². The molecule has 2 aliphatic rings. The number of carboxylic acid groups (broad SMARTS) is 1. The van der Waals surface area contributed by atoms with Crippen LogP contribution in [0.25, 0.3) is 0 Å². The number of hydrogen-bond donors (Lipinski definition) is 3. The average molecular weight is 283 g/mol. The second-order valence-electron chi connectivity index (χ2n) is 6.45. The Morgan fingerprint density at radius 1 is 1.15 bits per heavy atom. The average Bonchev–Trinajstić information content (AvgIpc) is 2.45. The molecule has 20 heavy (non-hydrogen) atoms. The molecule has 2 rings (SSSR count). The molecule has 5 heteroatoms. The first-order valence-corrected chi connectivity index (χ1v) is 7.71. The fourth-order valence-corrected chi connectivity index (χ4v) is 3.86. The van der Waals surface area contributed by atoms with Gasteiger partial charge in [0.15, 0.2) is 6.10 Å². The zero-order chi connectivity index (χ0) is 14.6. The van der Waals surface area contributed by atoms with Gasteiger partial charge in [0.25, 0.3) is 0 Å². The Bertz CT molecular complexity index is 357. The summed E-state index contributed by atoms with van der Waals surface area (Å²) in [6.07, 6.45) is 8.93. The van der Waals surface area contributed by atoms with E-state index in [1.807, 2.05) is 0 Å². The SMILES string of the molecule is O=C(O)C(O)CNC(=O)C1CCCC2(CCCCC2)C1. The van der Waals surface area contributed by atoms with E-state index in [-0.39, 0.29) is 18.4 Å². The molecule has 0 saturated heterocycles. The van der Waals surface area contributed by atoms with Gasteiger partial charge < -0.3 is 15.5 Å². The molecule has 2 fully saturated rings. The molecule has 0 heterocycles. The largest absolute Gasteiger partial charge is 0.479 e. The van der Waals surface area contributed by atoms with Gasteiger partial charge in [0.1, 0.15) is 0 Å². The van der Waals surface area contributed by atoms with Crippen LogP contribution in [0.15, 0.2) is 0 Å². The summed E-state index contributed by atoms with van der Waals surface area (Å²) in [4.78, 5) is 22.7. The number of aliphatic hydroxyl groups excluding tert-OH is 1. The number of carboxylic acids is 1. The van der Waals surface area contributed by atoms with E-state index in [4.69, 9.17) is 5.11 Å². The molecule has 0 bridgehead atoms. The van der Waals surface area contributed by atoms with E-state index in [1.165, 1.54) is 38.5 Å². The highest BCUT2D eigenvalue weighted by atomic mass is 16.4. The molecule has 5 nitrogen and oxygen atoms in total. The van der Waals surface area contributed by atoms with Gasteiger partial charge in [-0.3, -0.25) is 4.79 Å². The number of carbonyl (C=O) groups excluding carboxylic acids is 1. The third-order valence-corrected chi connectivity index (χ3v) is 4.98. The van der Waals surface area contributed by atoms with Gasteiger partial charge >= 0.3 is 5.97 Å². The second kappa shape index (κ2) is 6.57. The van der Waals surface area contributed by atoms with Gasteiger partial charge in [0.05, 0.1) is 6.54 Å². The first-order valence-electron chi connectivity index (χ1n) is 7.71. The summed E-state index contributed by atoms with van der Waals surface area (Å²) in [5.41, 5.74) is 0.351. The Labute approximate surface area is 119 Å². The lowest BCUT2D eigenvalue weighted by molar-refractivity contribution is -0.146. The summed E-state index contributed by atoms with van der Waals surface area (Å²) < 4.78 is 0. The smallest absolute Gasteiger partial charge is 0.334 e. The van der Waals surface area contributed by atoms with Gasteiger partial charge in [-0.2, -0.15) is 0 Å². The Balaban J connectivity index is 1.85.